The lowest BCUT2D eigenvalue weighted by Crippen LogP contribution is -1.99. The Hall–Kier alpha value is -3.01. The third-order valence-electron chi connectivity index (χ3n) is 5.22. The van der Waals surface area contributed by atoms with Gasteiger partial charge in [-0.3, -0.25) is 0 Å². The first kappa shape index (κ1) is 15.3. The van der Waals surface area contributed by atoms with E-state index < -0.39 is 0 Å². The highest BCUT2D eigenvalue weighted by molar-refractivity contribution is 6.02. The van der Waals surface area contributed by atoms with Crippen LogP contribution in [-0.4, -0.2) is 7.11 Å². The van der Waals surface area contributed by atoms with Crippen LogP contribution < -0.4 is 10.4 Å². The molecule has 0 fully saturated rings. The predicted octanol–water partition coefficient (Wildman–Crippen LogP) is 5.09. The number of rotatable bonds is 2. The second-order valence-corrected chi connectivity index (χ2v) is 6.76. The number of furan rings is 1. The first-order valence-electron chi connectivity index (χ1n) is 8.89. The van der Waals surface area contributed by atoms with Crippen molar-refractivity contribution in [1.29, 1.82) is 0 Å². The fourth-order valence-corrected chi connectivity index (χ4v) is 3.93. The average Bonchev–Trinajstić information content (AvgIpc) is 3.03. The maximum atomic E-state index is 12.1. The lowest BCUT2D eigenvalue weighted by Gasteiger charge is -2.09. The minimum absolute atomic E-state index is 0.362. The summed E-state index contributed by atoms with van der Waals surface area (Å²) in [6.45, 7) is 0. The molecule has 2 aromatic heterocycles. The molecule has 0 spiro atoms. The number of hydrogen-bond acceptors (Lipinski definition) is 4. The summed E-state index contributed by atoms with van der Waals surface area (Å²) in [6, 6.07) is 13.2. The molecule has 0 N–H and O–H groups in total. The van der Waals surface area contributed by atoms with Crippen LogP contribution in [0.25, 0.3) is 33.1 Å². The zero-order chi connectivity index (χ0) is 17.7. The first-order chi connectivity index (χ1) is 12.7. The van der Waals surface area contributed by atoms with E-state index >= 15 is 0 Å². The molecule has 4 aromatic rings. The van der Waals surface area contributed by atoms with Crippen molar-refractivity contribution in [1.82, 2.24) is 0 Å². The standard InChI is InChI=1S/C22H18O4/c1-24-14-8-6-13(7-9-14)16-11-22(23)26-21-12-20-17(10-18(16)21)15-4-2-3-5-19(15)25-20/h6-12H,2-5H2,1H3. The van der Waals surface area contributed by atoms with Gasteiger partial charge in [-0.15, -0.1) is 0 Å². The van der Waals surface area contributed by atoms with Crippen LogP contribution in [0.4, 0.5) is 0 Å². The summed E-state index contributed by atoms with van der Waals surface area (Å²) >= 11 is 0. The molecular weight excluding hydrogens is 328 g/mol. The van der Waals surface area contributed by atoms with Crippen molar-refractivity contribution in [3.05, 3.63) is 64.2 Å². The largest absolute Gasteiger partial charge is 0.497 e. The fourth-order valence-electron chi connectivity index (χ4n) is 3.93. The van der Waals surface area contributed by atoms with Gasteiger partial charge in [0.25, 0.3) is 0 Å². The molecule has 0 aliphatic heterocycles. The molecular formula is C22H18O4. The van der Waals surface area contributed by atoms with Crippen molar-refractivity contribution in [2.24, 2.45) is 0 Å². The van der Waals surface area contributed by atoms with E-state index in [2.05, 4.69) is 6.07 Å². The van der Waals surface area contributed by atoms with E-state index in [1.807, 2.05) is 30.3 Å². The van der Waals surface area contributed by atoms with Crippen molar-refractivity contribution >= 4 is 21.9 Å². The molecule has 1 aliphatic rings. The second-order valence-electron chi connectivity index (χ2n) is 6.76. The van der Waals surface area contributed by atoms with Gasteiger partial charge in [0.05, 0.1) is 7.11 Å². The normalized spacial score (nSPS) is 13.9. The molecule has 0 amide bonds. The van der Waals surface area contributed by atoms with Gasteiger partial charge >= 0.3 is 5.63 Å². The molecule has 2 aromatic carbocycles. The van der Waals surface area contributed by atoms with E-state index in [0.717, 1.165) is 51.8 Å². The Labute approximate surface area is 150 Å². The number of fused-ring (bicyclic) bond motifs is 4. The minimum Gasteiger partial charge on any atom is -0.497 e. The third-order valence-corrected chi connectivity index (χ3v) is 5.22. The van der Waals surface area contributed by atoms with Crippen LogP contribution >= 0.6 is 0 Å². The highest BCUT2D eigenvalue weighted by Gasteiger charge is 2.19. The summed E-state index contributed by atoms with van der Waals surface area (Å²) in [5, 5.41) is 2.06. The van der Waals surface area contributed by atoms with E-state index in [1.54, 1.807) is 13.2 Å². The summed E-state index contributed by atoms with van der Waals surface area (Å²) in [5.74, 6) is 1.86. The fraction of sp³-hybridized carbons (Fsp3) is 0.227. The number of ether oxygens (including phenoxy) is 1. The van der Waals surface area contributed by atoms with Crippen LogP contribution in [0.2, 0.25) is 0 Å². The molecule has 0 saturated carbocycles. The van der Waals surface area contributed by atoms with Gasteiger partial charge in [-0.2, -0.15) is 0 Å². The van der Waals surface area contributed by atoms with Crippen molar-refractivity contribution in [2.45, 2.75) is 25.7 Å². The Balaban J connectivity index is 1.80. The number of aryl methyl sites for hydroxylation is 2. The van der Waals surface area contributed by atoms with Gasteiger partial charge in [0, 0.05) is 34.9 Å². The Morgan fingerprint density at radius 3 is 2.46 bits per heavy atom. The summed E-state index contributed by atoms with van der Waals surface area (Å²) in [6.07, 6.45) is 4.38. The summed E-state index contributed by atoms with van der Waals surface area (Å²) in [5.41, 5.74) is 4.13. The van der Waals surface area contributed by atoms with Crippen LogP contribution in [0.15, 0.2) is 56.1 Å². The highest BCUT2D eigenvalue weighted by atomic mass is 16.5. The molecule has 2 heterocycles. The summed E-state index contributed by atoms with van der Waals surface area (Å²) in [4.78, 5) is 12.1. The third kappa shape index (κ3) is 2.33. The van der Waals surface area contributed by atoms with Crippen molar-refractivity contribution in [3.8, 4) is 16.9 Å². The highest BCUT2D eigenvalue weighted by Crippen LogP contribution is 2.37. The van der Waals surface area contributed by atoms with Crippen LogP contribution in [0.3, 0.4) is 0 Å². The van der Waals surface area contributed by atoms with Gasteiger partial charge in [0.1, 0.15) is 22.7 Å². The average molecular weight is 346 g/mol. The Bertz CT molecular complexity index is 1180. The first-order valence-corrected chi connectivity index (χ1v) is 8.89. The number of methoxy groups -OCH3 is 1. The van der Waals surface area contributed by atoms with Crippen LogP contribution in [-0.2, 0) is 12.8 Å². The molecule has 0 unspecified atom stereocenters. The van der Waals surface area contributed by atoms with E-state index in [1.165, 1.54) is 18.4 Å². The SMILES string of the molecule is COc1ccc(-c2cc(=O)oc3cc4oc5c(c4cc23)CCCC5)cc1. The molecule has 130 valence electrons. The van der Waals surface area contributed by atoms with Crippen molar-refractivity contribution < 1.29 is 13.6 Å². The molecule has 0 saturated heterocycles. The molecule has 1 aliphatic carbocycles. The quantitative estimate of drug-likeness (QED) is 0.474. The zero-order valence-corrected chi connectivity index (χ0v) is 14.5. The van der Waals surface area contributed by atoms with Crippen molar-refractivity contribution in [3.63, 3.8) is 0 Å². The molecule has 0 radical (unpaired) electrons. The molecule has 4 heteroatoms. The topological polar surface area (TPSA) is 52.6 Å². The number of hydrogen-bond donors (Lipinski definition) is 0. The predicted molar refractivity (Wildman–Crippen MR) is 101 cm³/mol. The Morgan fingerprint density at radius 1 is 0.885 bits per heavy atom. The summed E-state index contributed by atoms with van der Waals surface area (Å²) in [7, 11) is 1.64. The molecule has 5 rings (SSSR count). The van der Waals surface area contributed by atoms with E-state index in [-0.39, 0.29) is 5.63 Å². The van der Waals surface area contributed by atoms with E-state index in [0.29, 0.717) is 5.58 Å². The smallest absolute Gasteiger partial charge is 0.336 e. The zero-order valence-electron chi connectivity index (χ0n) is 14.5. The van der Waals surface area contributed by atoms with E-state index in [9.17, 15) is 4.79 Å². The Kier molecular flexibility index (Phi) is 3.38. The summed E-state index contributed by atoms with van der Waals surface area (Å²) < 4.78 is 16.7. The monoisotopic (exact) mass is 346 g/mol. The van der Waals surface area contributed by atoms with Gasteiger partial charge in [-0.1, -0.05) is 12.1 Å². The molecule has 0 atom stereocenters. The van der Waals surface area contributed by atoms with Gasteiger partial charge in [0.15, 0.2) is 0 Å². The second kappa shape index (κ2) is 5.77. The number of benzene rings is 2. The maximum absolute atomic E-state index is 12.1. The van der Waals surface area contributed by atoms with Crippen LogP contribution in [0.1, 0.15) is 24.2 Å². The van der Waals surface area contributed by atoms with Crippen LogP contribution in [0, 0.1) is 0 Å². The van der Waals surface area contributed by atoms with Gasteiger partial charge in [-0.05, 0) is 48.6 Å². The van der Waals surface area contributed by atoms with Gasteiger partial charge in [0.2, 0.25) is 0 Å². The molecule has 0 bridgehead atoms. The molecule has 4 nitrogen and oxygen atoms in total. The maximum Gasteiger partial charge on any atom is 0.336 e. The lowest BCUT2D eigenvalue weighted by molar-refractivity contribution is 0.415. The lowest BCUT2D eigenvalue weighted by atomic mass is 9.94. The van der Waals surface area contributed by atoms with Gasteiger partial charge < -0.3 is 13.6 Å². The Morgan fingerprint density at radius 2 is 1.65 bits per heavy atom. The van der Waals surface area contributed by atoms with Gasteiger partial charge in [-0.25, -0.2) is 4.79 Å². The minimum atomic E-state index is -0.362. The molecule has 26 heavy (non-hydrogen) atoms. The van der Waals surface area contributed by atoms with Crippen molar-refractivity contribution in [2.75, 3.05) is 7.11 Å². The van der Waals surface area contributed by atoms with Crippen LogP contribution in [0.5, 0.6) is 5.75 Å². The van der Waals surface area contributed by atoms with E-state index in [4.69, 9.17) is 13.6 Å².